The molecule has 0 radical (unpaired) electrons. The van der Waals surface area contributed by atoms with Crippen molar-refractivity contribution in [1.82, 2.24) is 19.8 Å². The second-order valence-electron chi connectivity index (χ2n) is 9.45. The Hall–Kier alpha value is -1.83. The fraction of sp³-hybridized carbons (Fsp3) is 0.560. The maximum absolute atomic E-state index is 13.8. The summed E-state index contributed by atoms with van der Waals surface area (Å²) in [5.74, 6) is 2.09. The van der Waals surface area contributed by atoms with Crippen molar-refractivity contribution in [1.29, 1.82) is 0 Å². The highest BCUT2D eigenvalue weighted by Crippen LogP contribution is 2.44. The molecule has 33 heavy (non-hydrogen) atoms. The zero-order valence-corrected chi connectivity index (χ0v) is 21.0. The number of thioether (sulfide) groups is 1. The first-order chi connectivity index (χ1) is 16.0. The zero-order chi connectivity index (χ0) is 22.9. The van der Waals surface area contributed by atoms with Crippen molar-refractivity contribution in [2.45, 2.75) is 49.7 Å². The quantitative estimate of drug-likeness (QED) is 0.627. The van der Waals surface area contributed by atoms with Crippen LogP contribution in [0.4, 0.5) is 5.82 Å². The van der Waals surface area contributed by atoms with E-state index in [2.05, 4.69) is 38.5 Å². The lowest BCUT2D eigenvalue weighted by molar-refractivity contribution is -0.134. The Labute approximate surface area is 205 Å². The molecule has 1 aromatic heterocycles. The Balaban J connectivity index is 1.33. The summed E-state index contributed by atoms with van der Waals surface area (Å²) in [5, 5.41) is 1.12. The fourth-order valence-corrected chi connectivity index (χ4v) is 6.58. The number of piperazine rings is 1. The van der Waals surface area contributed by atoms with Gasteiger partial charge in [-0.05, 0) is 57.5 Å². The van der Waals surface area contributed by atoms with Crippen molar-refractivity contribution in [3.63, 3.8) is 0 Å². The summed E-state index contributed by atoms with van der Waals surface area (Å²) in [6.45, 7) is 9.61. The molecule has 6 nitrogen and oxygen atoms in total. The van der Waals surface area contributed by atoms with E-state index in [0.717, 1.165) is 49.0 Å². The second kappa shape index (κ2) is 9.80. The number of likely N-dealkylation sites (tertiary alicyclic amines) is 1. The number of amides is 1. The molecule has 3 aliphatic heterocycles. The molecule has 0 aliphatic carbocycles. The average molecular weight is 486 g/mol. The van der Waals surface area contributed by atoms with Gasteiger partial charge in [0.2, 0.25) is 5.91 Å². The standard InChI is InChI=1S/C25H32ClN5OS/c1-17-13-30(11-12-31(17)24-23-18(2)33-15-22(23)27-16-28-24)25(32)21(14-29-9-3-4-10-29)19-5-7-20(26)8-6-19/h5-8,16-18,21H,3-4,9-15H2,1-2H3/t17-,18+,21?/m0/s1. The molecule has 0 saturated carbocycles. The average Bonchev–Trinajstić information content (AvgIpc) is 3.48. The minimum absolute atomic E-state index is 0.154. The summed E-state index contributed by atoms with van der Waals surface area (Å²) in [4.78, 5) is 29.9. The van der Waals surface area contributed by atoms with Crippen LogP contribution < -0.4 is 4.90 Å². The predicted molar refractivity (Wildman–Crippen MR) is 135 cm³/mol. The minimum atomic E-state index is -0.154. The van der Waals surface area contributed by atoms with Gasteiger partial charge in [-0.2, -0.15) is 0 Å². The smallest absolute Gasteiger partial charge is 0.231 e. The second-order valence-corrected chi connectivity index (χ2v) is 11.2. The van der Waals surface area contributed by atoms with Gasteiger partial charge in [0.15, 0.2) is 0 Å². The molecule has 0 spiro atoms. The molecular formula is C25H32ClN5OS. The molecule has 1 amide bonds. The van der Waals surface area contributed by atoms with E-state index in [-0.39, 0.29) is 17.9 Å². The summed E-state index contributed by atoms with van der Waals surface area (Å²) in [7, 11) is 0. The minimum Gasteiger partial charge on any atom is -0.350 e. The van der Waals surface area contributed by atoms with Gasteiger partial charge < -0.3 is 14.7 Å². The van der Waals surface area contributed by atoms with E-state index >= 15 is 0 Å². The summed E-state index contributed by atoms with van der Waals surface area (Å²) in [5.41, 5.74) is 3.50. The van der Waals surface area contributed by atoms with E-state index in [1.165, 1.54) is 18.4 Å². The van der Waals surface area contributed by atoms with Crippen LogP contribution in [0, 0.1) is 0 Å². The van der Waals surface area contributed by atoms with Gasteiger partial charge >= 0.3 is 0 Å². The number of hydrogen-bond acceptors (Lipinski definition) is 6. The van der Waals surface area contributed by atoms with E-state index in [1.54, 1.807) is 6.33 Å². The third-order valence-corrected chi connectivity index (χ3v) is 8.67. The topological polar surface area (TPSA) is 52.6 Å². The van der Waals surface area contributed by atoms with Crippen LogP contribution in [0.5, 0.6) is 0 Å². The lowest BCUT2D eigenvalue weighted by atomic mass is 9.96. The highest BCUT2D eigenvalue weighted by atomic mass is 35.5. The van der Waals surface area contributed by atoms with E-state index in [4.69, 9.17) is 11.6 Å². The maximum atomic E-state index is 13.8. The van der Waals surface area contributed by atoms with Crippen molar-refractivity contribution in [3.05, 3.63) is 52.4 Å². The highest BCUT2D eigenvalue weighted by molar-refractivity contribution is 7.99. The van der Waals surface area contributed by atoms with Gasteiger partial charge in [0.1, 0.15) is 12.1 Å². The SMILES string of the molecule is C[C@H]1SCc2ncnc(N3CCN(C(=O)C(CN4CCCC4)c4ccc(Cl)cc4)C[C@@H]3C)c21. The molecule has 5 rings (SSSR count). The lowest BCUT2D eigenvalue weighted by Gasteiger charge is -2.42. The molecular weight excluding hydrogens is 454 g/mol. The molecule has 0 bridgehead atoms. The lowest BCUT2D eigenvalue weighted by Crippen LogP contribution is -2.55. The Bertz CT molecular complexity index is 997. The molecule has 176 valence electrons. The first-order valence-corrected chi connectivity index (χ1v) is 13.4. The Morgan fingerprint density at radius 1 is 1.12 bits per heavy atom. The first kappa shape index (κ1) is 22.9. The van der Waals surface area contributed by atoms with Gasteiger partial charge in [0.05, 0.1) is 11.6 Å². The van der Waals surface area contributed by atoms with Gasteiger partial charge in [-0.25, -0.2) is 9.97 Å². The Kier molecular flexibility index (Phi) is 6.81. The molecule has 8 heteroatoms. The number of rotatable bonds is 5. The molecule has 2 saturated heterocycles. The van der Waals surface area contributed by atoms with Crippen LogP contribution in [0.3, 0.4) is 0 Å². The number of hydrogen-bond donors (Lipinski definition) is 0. The third-order valence-electron chi connectivity index (χ3n) is 7.24. The summed E-state index contributed by atoms with van der Waals surface area (Å²) in [6.07, 6.45) is 4.14. The molecule has 0 N–H and O–H groups in total. The molecule has 1 aromatic carbocycles. The van der Waals surface area contributed by atoms with Crippen molar-refractivity contribution >= 4 is 35.1 Å². The Morgan fingerprint density at radius 2 is 1.88 bits per heavy atom. The summed E-state index contributed by atoms with van der Waals surface area (Å²) in [6, 6.07) is 8.04. The van der Waals surface area contributed by atoms with E-state index in [9.17, 15) is 4.79 Å². The van der Waals surface area contributed by atoms with Crippen LogP contribution in [0.25, 0.3) is 0 Å². The predicted octanol–water partition coefficient (Wildman–Crippen LogP) is 4.35. The first-order valence-electron chi connectivity index (χ1n) is 12.0. The molecule has 3 aliphatic rings. The number of carbonyl (C=O) groups is 1. The molecule has 1 unspecified atom stereocenters. The Morgan fingerprint density at radius 3 is 2.61 bits per heavy atom. The van der Waals surface area contributed by atoms with Crippen LogP contribution in [-0.4, -0.2) is 71.0 Å². The van der Waals surface area contributed by atoms with Gasteiger partial charge in [-0.15, -0.1) is 11.8 Å². The number of benzene rings is 1. The van der Waals surface area contributed by atoms with Gasteiger partial charge in [-0.3, -0.25) is 4.79 Å². The number of carbonyl (C=O) groups excluding carboxylic acids is 1. The number of nitrogens with zero attached hydrogens (tertiary/aromatic N) is 5. The van der Waals surface area contributed by atoms with E-state index in [1.807, 2.05) is 36.0 Å². The van der Waals surface area contributed by atoms with Gasteiger partial charge in [0, 0.05) is 53.8 Å². The summed E-state index contributed by atoms with van der Waals surface area (Å²) < 4.78 is 0. The maximum Gasteiger partial charge on any atom is 0.231 e. The van der Waals surface area contributed by atoms with Crippen LogP contribution in [0.1, 0.15) is 54.7 Å². The number of anilines is 1. The van der Waals surface area contributed by atoms with E-state index in [0.29, 0.717) is 23.4 Å². The third kappa shape index (κ3) is 4.73. The van der Waals surface area contributed by atoms with Crippen molar-refractivity contribution in [2.24, 2.45) is 0 Å². The van der Waals surface area contributed by atoms with Gasteiger partial charge in [0.25, 0.3) is 0 Å². The van der Waals surface area contributed by atoms with Crippen LogP contribution in [0.15, 0.2) is 30.6 Å². The van der Waals surface area contributed by atoms with Crippen molar-refractivity contribution < 1.29 is 4.79 Å². The molecule has 2 fully saturated rings. The number of halogens is 1. The van der Waals surface area contributed by atoms with Crippen LogP contribution >= 0.6 is 23.4 Å². The zero-order valence-electron chi connectivity index (χ0n) is 19.4. The van der Waals surface area contributed by atoms with E-state index < -0.39 is 0 Å². The summed E-state index contributed by atoms with van der Waals surface area (Å²) >= 11 is 8.06. The monoisotopic (exact) mass is 485 g/mol. The van der Waals surface area contributed by atoms with Crippen LogP contribution in [-0.2, 0) is 10.5 Å². The largest absolute Gasteiger partial charge is 0.350 e. The highest BCUT2D eigenvalue weighted by Gasteiger charge is 2.35. The number of aromatic nitrogens is 2. The van der Waals surface area contributed by atoms with Gasteiger partial charge in [-0.1, -0.05) is 23.7 Å². The van der Waals surface area contributed by atoms with Crippen molar-refractivity contribution in [2.75, 3.05) is 44.2 Å². The molecule has 3 atom stereocenters. The van der Waals surface area contributed by atoms with Crippen LogP contribution in [0.2, 0.25) is 5.02 Å². The normalized spacial score (nSPS) is 24.2. The fourth-order valence-electron chi connectivity index (χ4n) is 5.41. The van der Waals surface area contributed by atoms with Crippen molar-refractivity contribution in [3.8, 4) is 0 Å². The molecule has 2 aromatic rings. The molecule has 4 heterocycles. The number of fused-ring (bicyclic) bond motifs is 1.